The zero-order chi connectivity index (χ0) is 14.8. The minimum absolute atomic E-state index is 0.316. The van der Waals surface area contributed by atoms with E-state index in [1.165, 1.54) is 0 Å². The number of aryl methyl sites for hydroxylation is 1. The van der Waals surface area contributed by atoms with E-state index in [0.717, 1.165) is 28.0 Å². The normalized spacial score (nSPS) is 12.5. The van der Waals surface area contributed by atoms with Crippen LogP contribution in [-0.4, -0.2) is 6.54 Å². The van der Waals surface area contributed by atoms with E-state index < -0.39 is 0 Å². The molecule has 1 aromatic heterocycles. The monoisotopic (exact) mass is 301 g/mol. The van der Waals surface area contributed by atoms with E-state index in [1.807, 2.05) is 55.5 Å². The van der Waals surface area contributed by atoms with Crippen LogP contribution in [0.5, 0.6) is 5.75 Å². The molecule has 1 atom stereocenters. The Morgan fingerprint density at radius 3 is 2.52 bits per heavy atom. The average molecular weight is 302 g/mol. The minimum atomic E-state index is -0.316. The molecule has 108 valence electrons. The molecule has 0 radical (unpaired) electrons. The van der Waals surface area contributed by atoms with Gasteiger partial charge in [-0.1, -0.05) is 35.9 Å². The largest absolute Gasteiger partial charge is 0.480 e. The molecule has 0 aliphatic rings. The summed E-state index contributed by atoms with van der Waals surface area (Å²) in [6.45, 7) is 2.23. The molecule has 2 N–H and O–H groups in total. The molecule has 1 unspecified atom stereocenters. The van der Waals surface area contributed by atoms with E-state index in [1.54, 1.807) is 0 Å². The predicted octanol–water partition coefficient (Wildman–Crippen LogP) is 4.47. The van der Waals surface area contributed by atoms with Crippen molar-refractivity contribution in [2.24, 2.45) is 5.73 Å². The molecule has 3 aromatic rings. The first kappa shape index (κ1) is 14.0. The molecule has 21 heavy (non-hydrogen) atoms. The van der Waals surface area contributed by atoms with Crippen LogP contribution in [0.15, 0.2) is 52.9 Å². The number of ether oxygens (including phenoxy) is 1. The van der Waals surface area contributed by atoms with Crippen molar-refractivity contribution in [2.45, 2.75) is 13.0 Å². The number of hydrogen-bond donors (Lipinski definition) is 1. The van der Waals surface area contributed by atoms with Gasteiger partial charge in [0.2, 0.25) is 0 Å². The highest BCUT2D eigenvalue weighted by Crippen LogP contribution is 2.33. The van der Waals surface area contributed by atoms with E-state index in [4.69, 9.17) is 26.5 Å². The van der Waals surface area contributed by atoms with Gasteiger partial charge in [0, 0.05) is 22.3 Å². The molecule has 4 heteroatoms. The molecule has 3 rings (SSSR count). The predicted molar refractivity (Wildman–Crippen MR) is 84.8 cm³/mol. The van der Waals surface area contributed by atoms with Gasteiger partial charge in [0.25, 0.3) is 0 Å². The molecule has 0 aliphatic heterocycles. The lowest BCUT2D eigenvalue weighted by Gasteiger charge is -2.17. The number of fused-ring (bicyclic) bond motifs is 1. The summed E-state index contributed by atoms with van der Waals surface area (Å²) >= 11 is 6.22. The summed E-state index contributed by atoms with van der Waals surface area (Å²) in [5.74, 6) is 2.32. The van der Waals surface area contributed by atoms with Crippen molar-refractivity contribution in [2.75, 3.05) is 6.54 Å². The molecule has 0 saturated heterocycles. The van der Waals surface area contributed by atoms with Gasteiger partial charge in [-0.25, -0.2) is 0 Å². The minimum Gasteiger partial charge on any atom is -0.480 e. The summed E-state index contributed by atoms with van der Waals surface area (Å²) < 4.78 is 11.7. The molecule has 0 saturated carbocycles. The topological polar surface area (TPSA) is 48.4 Å². The molecular formula is C17H16ClNO2. The number of halogens is 1. The second-order valence-corrected chi connectivity index (χ2v) is 5.29. The standard InChI is InChI=1S/C17H16ClNO2/c1-11-6-8-16(20-11)17(10-19)21-15-9-7-14(18)12-4-2-3-5-13(12)15/h2-9,17H,10,19H2,1H3. The zero-order valence-electron chi connectivity index (χ0n) is 11.7. The molecule has 0 aliphatic carbocycles. The van der Waals surface area contributed by atoms with Crippen molar-refractivity contribution in [3.05, 3.63) is 65.1 Å². The second kappa shape index (κ2) is 5.80. The van der Waals surface area contributed by atoms with Crippen molar-refractivity contribution >= 4 is 22.4 Å². The molecule has 0 fully saturated rings. The smallest absolute Gasteiger partial charge is 0.168 e. The summed E-state index contributed by atoms with van der Waals surface area (Å²) in [5.41, 5.74) is 5.82. The highest BCUT2D eigenvalue weighted by atomic mass is 35.5. The number of hydrogen-bond acceptors (Lipinski definition) is 3. The van der Waals surface area contributed by atoms with E-state index >= 15 is 0 Å². The molecule has 2 aromatic carbocycles. The fourth-order valence-electron chi connectivity index (χ4n) is 2.34. The Bertz CT molecular complexity index is 766. The van der Waals surface area contributed by atoms with Crippen molar-refractivity contribution in [1.82, 2.24) is 0 Å². The van der Waals surface area contributed by atoms with Gasteiger partial charge in [-0.15, -0.1) is 0 Å². The van der Waals surface area contributed by atoms with Crippen molar-refractivity contribution in [1.29, 1.82) is 0 Å². The summed E-state index contributed by atoms with van der Waals surface area (Å²) in [5, 5.41) is 2.63. The molecular weight excluding hydrogens is 286 g/mol. The van der Waals surface area contributed by atoms with E-state index in [9.17, 15) is 0 Å². The Balaban J connectivity index is 1.99. The SMILES string of the molecule is Cc1ccc(C(CN)Oc2ccc(Cl)c3ccccc23)o1. The van der Waals surface area contributed by atoms with Crippen LogP contribution in [-0.2, 0) is 0 Å². The number of rotatable bonds is 4. The Labute approximate surface area is 128 Å². The van der Waals surface area contributed by atoms with Gasteiger partial charge in [0.1, 0.15) is 17.3 Å². The fraction of sp³-hybridized carbons (Fsp3) is 0.176. The van der Waals surface area contributed by atoms with Gasteiger partial charge in [-0.2, -0.15) is 0 Å². The van der Waals surface area contributed by atoms with Crippen LogP contribution in [0.4, 0.5) is 0 Å². The van der Waals surface area contributed by atoms with E-state index in [2.05, 4.69) is 0 Å². The Morgan fingerprint density at radius 1 is 1.10 bits per heavy atom. The Hall–Kier alpha value is -1.97. The summed E-state index contributed by atoms with van der Waals surface area (Å²) in [4.78, 5) is 0. The van der Waals surface area contributed by atoms with Crippen LogP contribution in [0.1, 0.15) is 17.6 Å². The van der Waals surface area contributed by atoms with E-state index in [0.29, 0.717) is 11.6 Å². The third-order valence-electron chi connectivity index (χ3n) is 3.39. The number of nitrogens with two attached hydrogens (primary N) is 1. The summed E-state index contributed by atoms with van der Waals surface area (Å²) in [7, 11) is 0. The summed E-state index contributed by atoms with van der Waals surface area (Å²) in [6.07, 6.45) is -0.316. The van der Waals surface area contributed by atoms with Crippen molar-refractivity contribution in [3.8, 4) is 5.75 Å². The van der Waals surface area contributed by atoms with Crippen molar-refractivity contribution < 1.29 is 9.15 Å². The first-order chi connectivity index (χ1) is 10.2. The Morgan fingerprint density at radius 2 is 1.86 bits per heavy atom. The first-order valence-electron chi connectivity index (χ1n) is 6.79. The quantitative estimate of drug-likeness (QED) is 0.773. The van der Waals surface area contributed by atoms with Crippen molar-refractivity contribution in [3.63, 3.8) is 0 Å². The van der Waals surface area contributed by atoms with Gasteiger partial charge in [-0.05, 0) is 31.2 Å². The van der Waals surface area contributed by atoms with Crippen LogP contribution in [0.2, 0.25) is 5.02 Å². The van der Waals surface area contributed by atoms with Crippen LogP contribution in [0, 0.1) is 6.92 Å². The van der Waals surface area contributed by atoms with Gasteiger partial charge in [0.15, 0.2) is 6.10 Å². The molecule has 3 nitrogen and oxygen atoms in total. The van der Waals surface area contributed by atoms with Crippen LogP contribution in [0.3, 0.4) is 0 Å². The molecule has 0 bridgehead atoms. The highest BCUT2D eigenvalue weighted by molar-refractivity contribution is 6.35. The lowest BCUT2D eigenvalue weighted by molar-refractivity contribution is 0.185. The maximum atomic E-state index is 6.22. The maximum Gasteiger partial charge on any atom is 0.168 e. The highest BCUT2D eigenvalue weighted by Gasteiger charge is 2.17. The van der Waals surface area contributed by atoms with Gasteiger partial charge >= 0.3 is 0 Å². The molecule has 0 spiro atoms. The summed E-state index contributed by atoms with van der Waals surface area (Å²) in [6, 6.07) is 15.4. The maximum absolute atomic E-state index is 6.22. The second-order valence-electron chi connectivity index (χ2n) is 4.88. The van der Waals surface area contributed by atoms with Gasteiger partial charge in [-0.3, -0.25) is 0 Å². The van der Waals surface area contributed by atoms with Crippen LogP contribution < -0.4 is 10.5 Å². The zero-order valence-corrected chi connectivity index (χ0v) is 12.4. The number of benzene rings is 2. The van der Waals surface area contributed by atoms with Gasteiger partial charge in [0.05, 0.1) is 0 Å². The Kier molecular flexibility index (Phi) is 3.86. The van der Waals surface area contributed by atoms with Gasteiger partial charge < -0.3 is 14.9 Å². The lowest BCUT2D eigenvalue weighted by Crippen LogP contribution is -2.18. The van der Waals surface area contributed by atoms with Crippen LogP contribution >= 0.6 is 11.6 Å². The molecule has 1 heterocycles. The lowest BCUT2D eigenvalue weighted by atomic mass is 10.1. The third kappa shape index (κ3) is 2.75. The third-order valence-corrected chi connectivity index (χ3v) is 3.72. The number of furan rings is 1. The average Bonchev–Trinajstić information content (AvgIpc) is 2.93. The molecule has 0 amide bonds. The first-order valence-corrected chi connectivity index (χ1v) is 7.17. The van der Waals surface area contributed by atoms with E-state index in [-0.39, 0.29) is 6.10 Å². The van der Waals surface area contributed by atoms with Crippen LogP contribution in [0.25, 0.3) is 10.8 Å². The fourth-order valence-corrected chi connectivity index (χ4v) is 2.57.